The summed E-state index contributed by atoms with van der Waals surface area (Å²) in [6, 6.07) is 7.45. The van der Waals surface area contributed by atoms with Gasteiger partial charge in [-0.1, -0.05) is 18.2 Å². The Bertz CT molecular complexity index is 775. The van der Waals surface area contributed by atoms with Gasteiger partial charge in [-0.2, -0.15) is 0 Å². The Labute approximate surface area is 132 Å². The molecule has 1 fully saturated rings. The lowest BCUT2D eigenvalue weighted by molar-refractivity contribution is -0.153. The van der Waals surface area contributed by atoms with Crippen molar-refractivity contribution in [1.29, 1.82) is 0 Å². The lowest BCUT2D eigenvalue weighted by Crippen LogP contribution is -2.15. The summed E-state index contributed by atoms with van der Waals surface area (Å²) in [5.74, 6) is -0.536. The lowest BCUT2D eigenvalue weighted by Gasteiger charge is -2.12. The Morgan fingerprint density at radius 2 is 1.83 bits per heavy atom. The van der Waals surface area contributed by atoms with Crippen LogP contribution >= 0.6 is 0 Å². The molecule has 1 aromatic carbocycles. The maximum atomic E-state index is 12.0. The van der Waals surface area contributed by atoms with Crippen molar-refractivity contribution in [3.05, 3.63) is 52.8 Å². The van der Waals surface area contributed by atoms with E-state index in [1.807, 2.05) is 24.3 Å². The zero-order valence-electron chi connectivity index (χ0n) is 12.6. The first-order valence-corrected chi connectivity index (χ1v) is 7.26. The summed E-state index contributed by atoms with van der Waals surface area (Å²) < 4.78 is 21.5. The fourth-order valence-electron chi connectivity index (χ4n) is 2.89. The minimum Gasteiger partial charge on any atom is -0.458 e. The van der Waals surface area contributed by atoms with Crippen LogP contribution in [0.5, 0.6) is 5.75 Å². The van der Waals surface area contributed by atoms with Crippen LogP contribution in [0.15, 0.2) is 47.2 Å². The predicted octanol–water partition coefficient (Wildman–Crippen LogP) is 2.17. The lowest BCUT2D eigenvalue weighted by atomic mass is 9.94. The van der Waals surface area contributed by atoms with Gasteiger partial charge in [-0.05, 0) is 19.9 Å². The quantitative estimate of drug-likeness (QED) is 0.473. The van der Waals surface area contributed by atoms with Crippen molar-refractivity contribution in [3.8, 4) is 5.75 Å². The Morgan fingerprint density at radius 1 is 1.04 bits per heavy atom. The third-order valence-corrected chi connectivity index (χ3v) is 4.35. The normalized spacial score (nSPS) is 30.0. The molecule has 3 unspecified atom stereocenters. The van der Waals surface area contributed by atoms with Gasteiger partial charge in [-0.3, -0.25) is 0 Å². The number of carbonyl (C=O) groups is 2. The van der Waals surface area contributed by atoms with E-state index < -0.39 is 24.5 Å². The average molecular weight is 314 g/mol. The number of hydrogen-bond donors (Lipinski definition) is 0. The smallest absolute Gasteiger partial charge is 0.341 e. The Balaban J connectivity index is 1.61. The molecule has 0 aliphatic carbocycles. The summed E-state index contributed by atoms with van der Waals surface area (Å²) in [4.78, 5) is 23.6. The van der Waals surface area contributed by atoms with Gasteiger partial charge in [-0.25, -0.2) is 9.59 Å². The van der Waals surface area contributed by atoms with E-state index in [2.05, 4.69) is 0 Å². The molecule has 3 aliphatic heterocycles. The third-order valence-electron chi connectivity index (χ3n) is 4.35. The van der Waals surface area contributed by atoms with Gasteiger partial charge in [0.2, 0.25) is 0 Å². The topological polar surface area (TPSA) is 71.1 Å². The van der Waals surface area contributed by atoms with Crippen molar-refractivity contribution < 1.29 is 28.5 Å². The van der Waals surface area contributed by atoms with Crippen LogP contribution < -0.4 is 4.74 Å². The van der Waals surface area contributed by atoms with Crippen molar-refractivity contribution in [1.82, 2.24) is 0 Å². The van der Waals surface area contributed by atoms with E-state index in [0.29, 0.717) is 22.5 Å². The van der Waals surface area contributed by atoms with E-state index in [1.54, 1.807) is 13.8 Å². The Kier molecular flexibility index (Phi) is 2.94. The second-order valence-electron chi connectivity index (χ2n) is 5.66. The van der Waals surface area contributed by atoms with E-state index in [4.69, 9.17) is 18.9 Å². The van der Waals surface area contributed by atoms with Crippen molar-refractivity contribution in [2.24, 2.45) is 0 Å². The Hall–Kier alpha value is -2.76. The summed E-state index contributed by atoms with van der Waals surface area (Å²) >= 11 is 0. The average Bonchev–Trinajstić information content (AvgIpc) is 3.12. The molecule has 0 saturated carbocycles. The molecule has 3 atom stereocenters. The summed E-state index contributed by atoms with van der Waals surface area (Å²) in [5, 5.41) is 0. The molecule has 3 aliphatic rings. The van der Waals surface area contributed by atoms with E-state index in [0.717, 1.165) is 5.56 Å². The third kappa shape index (κ3) is 2.02. The molecule has 1 aromatic rings. The molecule has 0 amide bonds. The SMILES string of the molecule is CC1=C(C)C(O/C=C2/C(=O)OC3Oc4ccccc4C23)OC1=O. The molecule has 0 spiro atoms. The fraction of sp³-hybridized carbons (Fsp3) is 0.294. The van der Waals surface area contributed by atoms with E-state index in [1.165, 1.54) is 6.26 Å². The number of carbonyl (C=O) groups excluding carboxylic acids is 2. The van der Waals surface area contributed by atoms with Crippen molar-refractivity contribution in [3.63, 3.8) is 0 Å². The molecule has 3 heterocycles. The van der Waals surface area contributed by atoms with Crippen molar-refractivity contribution in [2.45, 2.75) is 32.3 Å². The largest absolute Gasteiger partial charge is 0.458 e. The van der Waals surface area contributed by atoms with Crippen LogP contribution in [0.25, 0.3) is 0 Å². The standard InChI is InChI=1S/C17H14O6/c1-8-9(2)16(22-14(8)18)20-7-11-13-10-5-3-4-6-12(10)21-17(13)23-15(11)19/h3-7,13,16-17H,1-2H3/b11-7+. The highest BCUT2D eigenvalue weighted by Gasteiger charge is 2.48. The molecule has 1 saturated heterocycles. The van der Waals surface area contributed by atoms with Gasteiger partial charge in [0.05, 0.1) is 17.8 Å². The van der Waals surface area contributed by atoms with Gasteiger partial charge in [0, 0.05) is 16.7 Å². The van der Waals surface area contributed by atoms with Crippen molar-refractivity contribution in [2.75, 3.05) is 0 Å². The molecule has 23 heavy (non-hydrogen) atoms. The van der Waals surface area contributed by atoms with Gasteiger partial charge in [0.1, 0.15) is 5.75 Å². The number of esters is 2. The van der Waals surface area contributed by atoms with Gasteiger partial charge in [0.25, 0.3) is 12.6 Å². The Morgan fingerprint density at radius 3 is 2.57 bits per heavy atom. The minimum absolute atomic E-state index is 0.332. The van der Waals surface area contributed by atoms with Crippen LogP contribution in [0.3, 0.4) is 0 Å². The molecule has 0 N–H and O–H groups in total. The highest BCUT2D eigenvalue weighted by Crippen LogP contribution is 2.47. The number of rotatable bonds is 2. The first-order valence-electron chi connectivity index (χ1n) is 7.26. The first kappa shape index (κ1) is 13.9. The van der Waals surface area contributed by atoms with E-state index >= 15 is 0 Å². The maximum Gasteiger partial charge on any atom is 0.341 e. The van der Waals surface area contributed by atoms with Crippen LogP contribution in [0.1, 0.15) is 25.3 Å². The summed E-state index contributed by atoms with van der Waals surface area (Å²) in [7, 11) is 0. The summed E-state index contributed by atoms with van der Waals surface area (Å²) in [6.45, 7) is 3.43. The van der Waals surface area contributed by atoms with E-state index in [-0.39, 0.29) is 5.92 Å². The van der Waals surface area contributed by atoms with Crippen LogP contribution in [0.4, 0.5) is 0 Å². The zero-order chi connectivity index (χ0) is 16.1. The summed E-state index contributed by atoms with van der Waals surface area (Å²) in [6.07, 6.45) is -0.155. The number of fused-ring (bicyclic) bond motifs is 3. The molecule has 0 radical (unpaired) electrons. The van der Waals surface area contributed by atoms with Crippen LogP contribution in [-0.4, -0.2) is 24.5 Å². The number of cyclic esters (lactones) is 1. The molecule has 118 valence electrons. The van der Waals surface area contributed by atoms with E-state index in [9.17, 15) is 9.59 Å². The van der Waals surface area contributed by atoms with Crippen molar-refractivity contribution >= 4 is 11.9 Å². The second kappa shape index (κ2) is 4.87. The maximum absolute atomic E-state index is 12.0. The predicted molar refractivity (Wildman–Crippen MR) is 77.1 cm³/mol. The van der Waals surface area contributed by atoms with Crippen LogP contribution in [-0.2, 0) is 23.8 Å². The molecular weight excluding hydrogens is 300 g/mol. The number of para-hydroxylation sites is 1. The fourth-order valence-corrected chi connectivity index (χ4v) is 2.89. The van der Waals surface area contributed by atoms with Crippen LogP contribution in [0.2, 0.25) is 0 Å². The molecule has 6 nitrogen and oxygen atoms in total. The van der Waals surface area contributed by atoms with Gasteiger partial charge < -0.3 is 18.9 Å². The molecule has 0 bridgehead atoms. The molecule has 4 rings (SSSR count). The van der Waals surface area contributed by atoms with Gasteiger partial charge in [-0.15, -0.1) is 0 Å². The number of benzene rings is 1. The highest BCUT2D eigenvalue weighted by atomic mass is 16.7. The zero-order valence-corrected chi connectivity index (χ0v) is 12.6. The first-order chi connectivity index (χ1) is 11.1. The summed E-state index contributed by atoms with van der Waals surface area (Å²) in [5.41, 5.74) is 2.45. The second-order valence-corrected chi connectivity index (χ2v) is 5.66. The van der Waals surface area contributed by atoms with Crippen LogP contribution in [0, 0.1) is 0 Å². The number of hydrogen-bond acceptors (Lipinski definition) is 6. The van der Waals surface area contributed by atoms with Gasteiger partial charge >= 0.3 is 11.9 Å². The minimum atomic E-state index is -0.806. The molecule has 0 aromatic heterocycles. The monoisotopic (exact) mass is 314 g/mol. The molecule has 6 heteroatoms. The number of ether oxygens (including phenoxy) is 4. The molecular formula is C17H14O6. The van der Waals surface area contributed by atoms with Gasteiger partial charge in [0.15, 0.2) is 0 Å². The highest BCUT2D eigenvalue weighted by molar-refractivity contribution is 5.93.